The highest BCUT2D eigenvalue weighted by Gasteiger charge is 2.13. The van der Waals surface area contributed by atoms with Crippen LogP contribution in [0.4, 0.5) is 11.4 Å². The zero-order valence-corrected chi connectivity index (χ0v) is 12.8. The molecule has 0 amide bonds. The largest absolute Gasteiger partial charge is 0.384 e. The van der Waals surface area contributed by atoms with E-state index in [1.54, 1.807) is 11.3 Å². The maximum atomic E-state index is 4.50. The number of anilines is 2. The van der Waals surface area contributed by atoms with Crippen molar-refractivity contribution in [3.63, 3.8) is 0 Å². The first-order valence-electron chi connectivity index (χ1n) is 7.25. The number of benzene rings is 2. The van der Waals surface area contributed by atoms with Crippen molar-refractivity contribution in [2.24, 2.45) is 0 Å². The molecule has 0 aliphatic carbocycles. The minimum absolute atomic E-state index is 0.847. The molecule has 2 heterocycles. The summed E-state index contributed by atoms with van der Waals surface area (Å²) in [5.74, 6) is 0. The van der Waals surface area contributed by atoms with Crippen molar-refractivity contribution in [2.75, 3.05) is 17.2 Å². The van der Waals surface area contributed by atoms with E-state index >= 15 is 0 Å². The third-order valence-corrected chi connectivity index (χ3v) is 4.85. The van der Waals surface area contributed by atoms with Gasteiger partial charge in [0.2, 0.25) is 0 Å². The van der Waals surface area contributed by atoms with Gasteiger partial charge in [-0.3, -0.25) is 0 Å². The molecule has 0 fully saturated rings. The summed E-state index contributed by atoms with van der Waals surface area (Å²) in [7, 11) is 0. The molecular weight excluding hydrogens is 278 g/mol. The van der Waals surface area contributed by atoms with E-state index in [4.69, 9.17) is 0 Å². The van der Waals surface area contributed by atoms with Crippen LogP contribution in [-0.4, -0.2) is 11.5 Å². The Morgan fingerprint density at radius 3 is 3.19 bits per heavy atom. The van der Waals surface area contributed by atoms with Crippen molar-refractivity contribution >= 4 is 32.9 Å². The van der Waals surface area contributed by atoms with Crippen LogP contribution in [0.1, 0.15) is 16.1 Å². The quantitative estimate of drug-likeness (QED) is 0.761. The molecule has 0 saturated heterocycles. The SMILES string of the molecule is Cc1nc2ccc(NCc3cccc4c3NCC4)cc2s1. The lowest BCUT2D eigenvalue weighted by Gasteiger charge is -2.11. The molecule has 0 bridgehead atoms. The first-order chi connectivity index (χ1) is 10.3. The minimum Gasteiger partial charge on any atom is -0.384 e. The molecular formula is C17H17N3S. The molecule has 1 aromatic heterocycles. The summed E-state index contributed by atoms with van der Waals surface area (Å²) >= 11 is 1.74. The number of nitrogens with zero attached hydrogens (tertiary/aromatic N) is 1. The van der Waals surface area contributed by atoms with Crippen LogP contribution in [-0.2, 0) is 13.0 Å². The maximum absolute atomic E-state index is 4.50. The third kappa shape index (κ3) is 2.36. The van der Waals surface area contributed by atoms with Crippen molar-refractivity contribution in [3.8, 4) is 0 Å². The van der Waals surface area contributed by atoms with Crippen molar-refractivity contribution < 1.29 is 0 Å². The highest BCUT2D eigenvalue weighted by molar-refractivity contribution is 7.18. The summed E-state index contributed by atoms with van der Waals surface area (Å²) < 4.78 is 1.24. The monoisotopic (exact) mass is 295 g/mol. The Morgan fingerprint density at radius 2 is 2.24 bits per heavy atom. The fraction of sp³-hybridized carbons (Fsp3) is 0.235. The molecule has 0 radical (unpaired) electrons. The molecule has 0 saturated carbocycles. The van der Waals surface area contributed by atoms with Crippen LogP contribution >= 0.6 is 11.3 Å². The standard InChI is InChI=1S/C17H17N3S/c1-11-20-15-6-5-14(9-16(15)21-11)19-10-13-4-2-3-12-7-8-18-17(12)13/h2-6,9,18-19H,7-8,10H2,1H3. The van der Waals surface area contributed by atoms with E-state index in [2.05, 4.69) is 58.9 Å². The molecule has 106 valence electrons. The summed E-state index contributed by atoms with van der Waals surface area (Å²) in [6.07, 6.45) is 1.13. The van der Waals surface area contributed by atoms with Gasteiger partial charge in [-0.1, -0.05) is 18.2 Å². The van der Waals surface area contributed by atoms with Crippen LogP contribution in [0.3, 0.4) is 0 Å². The molecule has 3 nitrogen and oxygen atoms in total. The highest BCUT2D eigenvalue weighted by atomic mass is 32.1. The molecule has 4 heteroatoms. The number of fused-ring (bicyclic) bond motifs is 2. The molecule has 0 atom stereocenters. The number of thiazole rings is 1. The fourth-order valence-electron chi connectivity index (χ4n) is 2.91. The average molecular weight is 295 g/mol. The van der Waals surface area contributed by atoms with Crippen LogP contribution in [0.25, 0.3) is 10.2 Å². The lowest BCUT2D eigenvalue weighted by molar-refractivity contribution is 1.11. The van der Waals surface area contributed by atoms with E-state index < -0.39 is 0 Å². The molecule has 4 rings (SSSR count). The first-order valence-corrected chi connectivity index (χ1v) is 8.07. The van der Waals surface area contributed by atoms with Gasteiger partial charge in [0, 0.05) is 24.5 Å². The lowest BCUT2D eigenvalue weighted by atomic mass is 10.1. The van der Waals surface area contributed by atoms with Gasteiger partial charge in [0.15, 0.2) is 0 Å². The normalized spacial score (nSPS) is 13.2. The second-order valence-corrected chi connectivity index (χ2v) is 6.63. The number of hydrogen-bond donors (Lipinski definition) is 2. The van der Waals surface area contributed by atoms with E-state index in [1.807, 2.05) is 0 Å². The number of aryl methyl sites for hydroxylation is 1. The summed E-state index contributed by atoms with van der Waals surface area (Å²) in [6, 6.07) is 13.0. The molecule has 0 spiro atoms. The Labute approximate surface area is 128 Å². The molecule has 1 aliphatic heterocycles. The van der Waals surface area contributed by atoms with Gasteiger partial charge < -0.3 is 10.6 Å². The van der Waals surface area contributed by atoms with Crippen LogP contribution in [0.5, 0.6) is 0 Å². The molecule has 1 aliphatic rings. The Balaban J connectivity index is 1.57. The topological polar surface area (TPSA) is 37.0 Å². The molecule has 3 aromatic rings. The molecule has 0 unspecified atom stereocenters. The van der Waals surface area contributed by atoms with E-state index in [1.165, 1.54) is 21.5 Å². The zero-order valence-electron chi connectivity index (χ0n) is 11.9. The number of para-hydroxylation sites is 1. The van der Waals surface area contributed by atoms with Crippen molar-refractivity contribution in [3.05, 3.63) is 52.5 Å². The Hall–Kier alpha value is -2.07. The zero-order chi connectivity index (χ0) is 14.2. The van der Waals surface area contributed by atoms with Gasteiger partial charge in [0.05, 0.1) is 15.2 Å². The summed E-state index contributed by atoms with van der Waals surface area (Å²) in [6.45, 7) is 3.95. The second-order valence-electron chi connectivity index (χ2n) is 5.40. The number of hydrogen-bond acceptors (Lipinski definition) is 4. The smallest absolute Gasteiger partial charge is 0.0907 e. The van der Waals surface area contributed by atoms with Crippen molar-refractivity contribution in [1.29, 1.82) is 0 Å². The summed E-state index contributed by atoms with van der Waals surface area (Å²) in [5.41, 5.74) is 6.33. The molecule has 2 aromatic carbocycles. The van der Waals surface area contributed by atoms with E-state index in [-0.39, 0.29) is 0 Å². The van der Waals surface area contributed by atoms with Crippen LogP contribution in [0.2, 0.25) is 0 Å². The fourth-order valence-corrected chi connectivity index (χ4v) is 3.77. The summed E-state index contributed by atoms with van der Waals surface area (Å²) in [4.78, 5) is 4.50. The first kappa shape index (κ1) is 12.7. The van der Waals surface area contributed by atoms with Gasteiger partial charge in [0.1, 0.15) is 0 Å². The minimum atomic E-state index is 0.847. The van der Waals surface area contributed by atoms with Crippen LogP contribution in [0.15, 0.2) is 36.4 Å². The number of nitrogens with one attached hydrogen (secondary N) is 2. The maximum Gasteiger partial charge on any atom is 0.0907 e. The average Bonchev–Trinajstić information content (AvgIpc) is 3.09. The van der Waals surface area contributed by atoms with Crippen molar-refractivity contribution in [1.82, 2.24) is 4.98 Å². The van der Waals surface area contributed by atoms with E-state index in [0.29, 0.717) is 0 Å². The van der Waals surface area contributed by atoms with Gasteiger partial charge >= 0.3 is 0 Å². The predicted octanol–water partition coefficient (Wildman–Crippen LogP) is 4.18. The molecule has 2 N–H and O–H groups in total. The second kappa shape index (κ2) is 5.04. The van der Waals surface area contributed by atoms with Gasteiger partial charge in [-0.25, -0.2) is 4.98 Å². The number of aromatic nitrogens is 1. The van der Waals surface area contributed by atoms with Crippen LogP contribution in [0, 0.1) is 6.92 Å². The van der Waals surface area contributed by atoms with Gasteiger partial charge in [0.25, 0.3) is 0 Å². The van der Waals surface area contributed by atoms with E-state index in [9.17, 15) is 0 Å². The highest BCUT2D eigenvalue weighted by Crippen LogP contribution is 2.28. The van der Waals surface area contributed by atoms with Gasteiger partial charge in [-0.15, -0.1) is 11.3 Å². The van der Waals surface area contributed by atoms with Gasteiger partial charge in [-0.05, 0) is 42.7 Å². The van der Waals surface area contributed by atoms with Gasteiger partial charge in [-0.2, -0.15) is 0 Å². The lowest BCUT2D eigenvalue weighted by Crippen LogP contribution is -2.02. The van der Waals surface area contributed by atoms with Crippen LogP contribution < -0.4 is 10.6 Å². The third-order valence-electron chi connectivity index (χ3n) is 3.91. The van der Waals surface area contributed by atoms with E-state index in [0.717, 1.165) is 35.7 Å². The Kier molecular flexibility index (Phi) is 3.04. The Morgan fingerprint density at radius 1 is 1.29 bits per heavy atom. The summed E-state index contributed by atoms with van der Waals surface area (Å²) in [5, 5.41) is 8.14. The van der Waals surface area contributed by atoms with Crippen molar-refractivity contribution in [2.45, 2.75) is 19.9 Å². The predicted molar refractivity (Wildman–Crippen MR) is 90.3 cm³/mol. The Bertz CT molecular complexity index is 807. The molecule has 21 heavy (non-hydrogen) atoms. The number of rotatable bonds is 3.